The van der Waals surface area contributed by atoms with E-state index >= 15 is 0 Å². The summed E-state index contributed by atoms with van der Waals surface area (Å²) >= 11 is 0. The van der Waals surface area contributed by atoms with Crippen LogP contribution >= 0.6 is 0 Å². The molecule has 1 heterocycles. The molecule has 1 N–H and O–H groups in total. The zero-order valence-corrected chi connectivity index (χ0v) is 26.4. The lowest BCUT2D eigenvalue weighted by molar-refractivity contribution is 0.0956. The van der Waals surface area contributed by atoms with Gasteiger partial charge in [-0.15, -0.1) is 0 Å². The highest BCUT2D eigenvalue weighted by Gasteiger charge is 2.22. The van der Waals surface area contributed by atoms with E-state index in [0.29, 0.717) is 34.6 Å². The number of aromatic nitrogens is 1. The Balaban J connectivity index is 1.42. The summed E-state index contributed by atoms with van der Waals surface area (Å²) in [4.78, 5) is 12.4. The van der Waals surface area contributed by atoms with Gasteiger partial charge in [0.2, 0.25) is 0 Å². The van der Waals surface area contributed by atoms with Crippen LogP contribution in [0.4, 0.5) is 8.78 Å². The Bertz CT molecular complexity index is 1950. The molecule has 5 rings (SSSR count). The average molecular weight is 644 g/mol. The van der Waals surface area contributed by atoms with E-state index in [9.17, 15) is 26.5 Å². The number of carbonyl (C=O) groups excluding carboxylic acids is 1. The summed E-state index contributed by atoms with van der Waals surface area (Å²) in [6.45, 7) is 6.17. The standard InChI is InChI=1S/C36H34F2N2O5S/c1-36(2,3)28-13-11-24(12-14-28)31(19-23-7-9-25(10-8-23)35(41)39-17-18-46(42,43)44)33-22-34(45-40-33)27-6-4-5-26(20-27)30-16-15-29(37)21-32(30)38/h4-16,20-22,31H,17-19H2,1-3H3,(H,39,41)(H,42,43,44)/p-1. The predicted molar refractivity (Wildman–Crippen MR) is 171 cm³/mol. The van der Waals surface area contributed by atoms with E-state index in [4.69, 9.17) is 4.52 Å². The van der Waals surface area contributed by atoms with Gasteiger partial charge in [-0.05, 0) is 64.4 Å². The minimum absolute atomic E-state index is 0.0294. The smallest absolute Gasteiger partial charge is 0.251 e. The van der Waals surface area contributed by atoms with Gasteiger partial charge in [0.1, 0.15) is 11.6 Å². The van der Waals surface area contributed by atoms with Gasteiger partial charge in [-0.1, -0.05) is 80.5 Å². The molecule has 0 spiro atoms. The third-order valence-electron chi connectivity index (χ3n) is 7.75. The van der Waals surface area contributed by atoms with E-state index < -0.39 is 33.4 Å². The zero-order chi connectivity index (χ0) is 33.1. The van der Waals surface area contributed by atoms with Crippen LogP contribution in [0, 0.1) is 11.6 Å². The van der Waals surface area contributed by atoms with E-state index in [1.807, 2.05) is 24.3 Å². The SMILES string of the molecule is CC(C)(C)c1ccc(C(Cc2ccc(C(=O)NCCS(=O)(=O)[O-])cc2)c2cc(-c3cccc(-c4ccc(F)cc4F)c3)on2)cc1. The van der Waals surface area contributed by atoms with E-state index in [2.05, 4.69) is 55.5 Å². The maximum absolute atomic E-state index is 14.5. The van der Waals surface area contributed by atoms with Crippen molar-refractivity contribution in [2.24, 2.45) is 0 Å². The van der Waals surface area contributed by atoms with Crippen LogP contribution in [0.5, 0.6) is 0 Å². The molecule has 0 aliphatic carbocycles. The molecule has 0 bridgehead atoms. The summed E-state index contributed by atoms with van der Waals surface area (Å²) < 4.78 is 66.3. The van der Waals surface area contributed by atoms with Gasteiger partial charge in [0.05, 0.1) is 21.6 Å². The first-order valence-electron chi connectivity index (χ1n) is 14.7. The van der Waals surface area contributed by atoms with Crippen molar-refractivity contribution in [3.63, 3.8) is 0 Å². The number of hydrogen-bond donors (Lipinski definition) is 1. The number of carbonyl (C=O) groups is 1. The van der Waals surface area contributed by atoms with Gasteiger partial charge >= 0.3 is 0 Å². The van der Waals surface area contributed by atoms with Gasteiger partial charge in [0, 0.05) is 41.3 Å². The second kappa shape index (κ2) is 13.4. The lowest BCUT2D eigenvalue weighted by atomic mass is 9.83. The fourth-order valence-electron chi connectivity index (χ4n) is 5.18. The van der Waals surface area contributed by atoms with Crippen LogP contribution in [-0.2, 0) is 22.0 Å². The van der Waals surface area contributed by atoms with Crippen LogP contribution in [0.15, 0.2) is 102 Å². The topological polar surface area (TPSA) is 112 Å². The summed E-state index contributed by atoms with van der Waals surface area (Å²) in [5.41, 5.74) is 5.61. The molecule has 10 heteroatoms. The number of benzene rings is 4. The first-order chi connectivity index (χ1) is 21.8. The number of hydrogen-bond acceptors (Lipinski definition) is 6. The Labute approximate surface area is 267 Å². The molecule has 1 aromatic heterocycles. The largest absolute Gasteiger partial charge is 0.748 e. The lowest BCUT2D eigenvalue weighted by Crippen LogP contribution is -2.28. The number of amides is 1. The Morgan fingerprint density at radius 3 is 2.26 bits per heavy atom. The average Bonchev–Trinajstić information content (AvgIpc) is 3.49. The van der Waals surface area contributed by atoms with E-state index in [0.717, 1.165) is 17.2 Å². The number of halogens is 2. The molecule has 0 radical (unpaired) electrons. The van der Waals surface area contributed by atoms with Crippen LogP contribution in [-0.4, -0.2) is 36.3 Å². The van der Waals surface area contributed by atoms with Crippen LogP contribution < -0.4 is 5.32 Å². The molecule has 0 aliphatic rings. The summed E-state index contributed by atoms with van der Waals surface area (Å²) in [6, 6.07) is 27.7. The van der Waals surface area contributed by atoms with Gasteiger partial charge in [0.15, 0.2) is 5.76 Å². The molecule has 1 unspecified atom stereocenters. The quantitative estimate of drug-likeness (QED) is 0.161. The molecular formula is C36H33F2N2O5S-. The molecule has 46 heavy (non-hydrogen) atoms. The van der Waals surface area contributed by atoms with Gasteiger partial charge in [-0.2, -0.15) is 0 Å². The van der Waals surface area contributed by atoms with Gasteiger partial charge in [-0.25, -0.2) is 17.2 Å². The molecule has 0 saturated carbocycles. The molecule has 0 fully saturated rings. The molecule has 0 saturated heterocycles. The third-order valence-corrected chi connectivity index (χ3v) is 8.45. The Hall–Kier alpha value is -4.67. The minimum Gasteiger partial charge on any atom is -0.748 e. The number of nitrogens with one attached hydrogen (secondary N) is 1. The molecule has 4 aromatic carbocycles. The Morgan fingerprint density at radius 1 is 0.913 bits per heavy atom. The van der Waals surface area contributed by atoms with Crippen LogP contribution in [0.3, 0.4) is 0 Å². The molecule has 0 aliphatic heterocycles. The van der Waals surface area contributed by atoms with Crippen LogP contribution in [0.2, 0.25) is 0 Å². The van der Waals surface area contributed by atoms with Gasteiger partial charge in [-0.3, -0.25) is 4.79 Å². The highest BCUT2D eigenvalue weighted by Crippen LogP contribution is 2.34. The van der Waals surface area contributed by atoms with Gasteiger partial charge < -0.3 is 14.4 Å². The van der Waals surface area contributed by atoms with Crippen molar-refractivity contribution in [3.05, 3.63) is 137 Å². The fourth-order valence-corrected chi connectivity index (χ4v) is 5.53. The lowest BCUT2D eigenvalue weighted by Gasteiger charge is -2.21. The Morgan fingerprint density at radius 2 is 1.61 bits per heavy atom. The van der Waals surface area contributed by atoms with Crippen molar-refractivity contribution in [1.29, 1.82) is 0 Å². The first kappa shape index (κ1) is 32.7. The van der Waals surface area contributed by atoms with E-state index in [1.54, 1.807) is 30.3 Å². The fraction of sp³-hybridized carbons (Fsp3) is 0.222. The normalized spacial score (nSPS) is 12.6. The van der Waals surface area contributed by atoms with Crippen molar-refractivity contribution in [1.82, 2.24) is 10.5 Å². The zero-order valence-electron chi connectivity index (χ0n) is 25.6. The summed E-state index contributed by atoms with van der Waals surface area (Å²) in [5, 5.41) is 6.88. The molecule has 1 atom stereocenters. The number of nitrogens with zero attached hydrogens (tertiary/aromatic N) is 1. The second-order valence-electron chi connectivity index (χ2n) is 12.2. The van der Waals surface area contributed by atoms with Crippen LogP contribution in [0.25, 0.3) is 22.5 Å². The number of rotatable bonds is 10. The monoisotopic (exact) mass is 643 g/mol. The minimum atomic E-state index is -4.43. The van der Waals surface area contributed by atoms with Crippen molar-refractivity contribution >= 4 is 16.0 Å². The summed E-state index contributed by atoms with van der Waals surface area (Å²) in [7, 11) is -4.43. The van der Waals surface area contributed by atoms with Crippen molar-refractivity contribution in [3.8, 4) is 22.5 Å². The highest BCUT2D eigenvalue weighted by atomic mass is 32.2. The third kappa shape index (κ3) is 8.13. The molecular weight excluding hydrogens is 610 g/mol. The van der Waals surface area contributed by atoms with E-state index in [1.165, 1.54) is 17.7 Å². The molecule has 1 amide bonds. The second-order valence-corrected chi connectivity index (χ2v) is 13.7. The maximum Gasteiger partial charge on any atom is 0.251 e. The molecule has 238 valence electrons. The van der Waals surface area contributed by atoms with Crippen molar-refractivity contribution in [2.45, 2.75) is 38.5 Å². The van der Waals surface area contributed by atoms with E-state index in [-0.39, 0.29) is 23.4 Å². The Kier molecular flexibility index (Phi) is 9.50. The maximum atomic E-state index is 14.5. The molecule has 5 aromatic rings. The van der Waals surface area contributed by atoms with Gasteiger partial charge in [0.25, 0.3) is 5.91 Å². The van der Waals surface area contributed by atoms with Crippen LogP contribution in [0.1, 0.15) is 59.4 Å². The summed E-state index contributed by atoms with van der Waals surface area (Å²) in [5.74, 6) is -2.19. The van der Waals surface area contributed by atoms with Crippen molar-refractivity contribution < 1.29 is 31.1 Å². The highest BCUT2D eigenvalue weighted by molar-refractivity contribution is 7.85. The first-order valence-corrected chi connectivity index (χ1v) is 16.3. The molecule has 7 nitrogen and oxygen atoms in total. The summed E-state index contributed by atoms with van der Waals surface area (Å²) in [6.07, 6.45) is 0.526. The predicted octanol–water partition coefficient (Wildman–Crippen LogP) is 7.23. The van der Waals surface area contributed by atoms with Crippen molar-refractivity contribution in [2.75, 3.05) is 12.3 Å².